The summed E-state index contributed by atoms with van der Waals surface area (Å²) in [6.07, 6.45) is -0.427. The van der Waals surface area contributed by atoms with Gasteiger partial charge in [0.05, 0.1) is 50.8 Å². The van der Waals surface area contributed by atoms with Gasteiger partial charge in [-0.3, -0.25) is 19.2 Å². The minimum Gasteiger partial charge on any atom is -0.493 e. The van der Waals surface area contributed by atoms with Gasteiger partial charge in [-0.1, -0.05) is 98.7 Å². The number of nitrogens with one attached hydrogen (secondary N) is 2. The molecule has 8 bridgehead atoms. The maximum Gasteiger partial charge on any atom is 0.317 e. The molecule has 0 unspecified atom stereocenters. The molecule has 0 saturated carbocycles. The Bertz CT molecular complexity index is 3670. The van der Waals surface area contributed by atoms with Crippen molar-refractivity contribution < 1.29 is 47.6 Å². The summed E-state index contributed by atoms with van der Waals surface area (Å²) in [4.78, 5) is 87.5. The molecular weight excluding hydrogens is 993 g/mol. The van der Waals surface area contributed by atoms with Gasteiger partial charge in [0, 0.05) is 45.5 Å². The minimum atomic E-state index is -0.701. The molecule has 2 aliphatic rings. The van der Waals surface area contributed by atoms with Gasteiger partial charge in [-0.05, 0) is 77.1 Å². The number of benzene rings is 4. The van der Waals surface area contributed by atoms with Gasteiger partial charge in [-0.2, -0.15) is 0 Å². The monoisotopic (exact) mass is 1060 g/mol. The molecule has 18 nitrogen and oxygen atoms in total. The molecule has 3 aromatic heterocycles. The van der Waals surface area contributed by atoms with Crippen LogP contribution in [0.4, 0.5) is 0 Å². The summed E-state index contributed by atoms with van der Waals surface area (Å²) in [6, 6.07) is 22.4. The number of aromatic amines is 2. The molecule has 2 aliphatic heterocycles. The van der Waals surface area contributed by atoms with Crippen LogP contribution in [-0.4, -0.2) is 103 Å². The van der Waals surface area contributed by atoms with Crippen molar-refractivity contribution in [2.45, 2.75) is 118 Å². The fourth-order valence-electron chi connectivity index (χ4n) is 9.12. The summed E-state index contributed by atoms with van der Waals surface area (Å²) in [5, 5.41) is 3.21. The molecule has 0 aliphatic carbocycles. The van der Waals surface area contributed by atoms with E-state index in [2.05, 4.69) is 121 Å². The summed E-state index contributed by atoms with van der Waals surface area (Å²) < 4.78 is 33.5. The van der Waals surface area contributed by atoms with E-state index in [4.69, 9.17) is 58.3 Å². The largest absolute Gasteiger partial charge is 0.493 e. The lowest BCUT2D eigenvalue weighted by Crippen LogP contribution is -2.15. The molecule has 4 aromatic carbocycles. The van der Waals surface area contributed by atoms with Gasteiger partial charge >= 0.3 is 23.9 Å². The van der Waals surface area contributed by atoms with Crippen molar-refractivity contribution in [2.75, 3.05) is 39.6 Å². The van der Waals surface area contributed by atoms with E-state index in [1.807, 2.05) is 6.07 Å². The Kier molecular flexibility index (Phi) is 15.4. The van der Waals surface area contributed by atoms with E-state index in [1.165, 1.54) is 0 Å². The molecule has 7 aromatic rings. The molecule has 0 fully saturated rings. The summed E-state index contributed by atoms with van der Waals surface area (Å²) >= 11 is 0. The second-order valence-electron chi connectivity index (χ2n) is 22.3. The van der Waals surface area contributed by atoms with Gasteiger partial charge in [0.25, 0.3) is 0 Å². The van der Waals surface area contributed by atoms with Crippen LogP contribution in [0, 0.1) is 0 Å². The SMILES string of the molecule is CCOC(=O)CC(=O)OCCCOc1ccc(OCCCOC(=O)CC(=O)OCC)c2c1-c1nc-2nc2[nH]c(nc3nc(nc4[nH]c(n1)c1ccc(C(C)(C)C)cc41)-c1ccc(C(C)(C)C)cc1-3)c1ccc(C(C)(C)C)cc21. The molecular formula is C60H66N8O10. The lowest BCUT2D eigenvalue weighted by Gasteiger charge is -2.19. The second-order valence-corrected chi connectivity index (χ2v) is 22.3. The quantitative estimate of drug-likeness (QED) is 0.0396. The van der Waals surface area contributed by atoms with E-state index >= 15 is 0 Å². The number of hydrogen-bond donors (Lipinski definition) is 2. The fourth-order valence-corrected chi connectivity index (χ4v) is 9.12. The average molecular weight is 1060 g/mol. The molecule has 0 amide bonds. The van der Waals surface area contributed by atoms with Crippen LogP contribution in [0.2, 0.25) is 0 Å². The Morgan fingerprint density at radius 2 is 0.782 bits per heavy atom. The van der Waals surface area contributed by atoms with Gasteiger partial charge in [0.15, 0.2) is 23.3 Å². The van der Waals surface area contributed by atoms with Gasteiger partial charge in [0.2, 0.25) is 0 Å². The van der Waals surface area contributed by atoms with E-state index in [-0.39, 0.29) is 80.4 Å². The first-order chi connectivity index (χ1) is 37.1. The summed E-state index contributed by atoms with van der Waals surface area (Å²) in [7, 11) is 0. The van der Waals surface area contributed by atoms with Gasteiger partial charge in [0.1, 0.15) is 46.9 Å². The number of esters is 4. The number of rotatable bonds is 16. The van der Waals surface area contributed by atoms with Crippen molar-refractivity contribution in [3.05, 3.63) is 83.4 Å². The van der Waals surface area contributed by atoms with Crippen LogP contribution in [0.15, 0.2) is 66.7 Å². The van der Waals surface area contributed by atoms with Crippen LogP contribution in [0.3, 0.4) is 0 Å². The summed E-state index contributed by atoms with van der Waals surface area (Å²) in [5.41, 5.74) is 7.34. The van der Waals surface area contributed by atoms with Crippen molar-refractivity contribution in [1.82, 2.24) is 39.9 Å². The molecule has 78 heavy (non-hydrogen) atoms. The van der Waals surface area contributed by atoms with E-state index in [9.17, 15) is 19.2 Å². The molecule has 0 spiro atoms. The van der Waals surface area contributed by atoms with E-state index in [0.29, 0.717) is 56.9 Å². The van der Waals surface area contributed by atoms with E-state index in [0.717, 1.165) is 49.4 Å². The molecule has 18 heteroatoms. The Morgan fingerprint density at radius 3 is 1.22 bits per heavy atom. The summed E-state index contributed by atoms with van der Waals surface area (Å²) in [5.74, 6) is -0.460. The highest BCUT2D eigenvalue weighted by Crippen LogP contribution is 2.47. The topological polar surface area (TPSA) is 233 Å². The molecule has 2 N–H and O–H groups in total. The first kappa shape index (κ1) is 54.5. The Hall–Kier alpha value is -8.28. The fraction of sp³-hybridized carbons (Fsp3) is 0.400. The van der Waals surface area contributed by atoms with Crippen LogP contribution in [-0.2, 0) is 54.4 Å². The molecule has 5 heterocycles. The third-order valence-electron chi connectivity index (χ3n) is 13.3. The molecule has 406 valence electrons. The average Bonchev–Trinajstić information content (AvgIpc) is 4.12. The predicted molar refractivity (Wildman–Crippen MR) is 297 cm³/mol. The van der Waals surface area contributed by atoms with Crippen molar-refractivity contribution in [3.63, 3.8) is 0 Å². The second kappa shape index (κ2) is 22.0. The van der Waals surface area contributed by atoms with Crippen molar-refractivity contribution in [2.24, 2.45) is 0 Å². The zero-order chi connectivity index (χ0) is 55.7. The number of carbonyl (C=O) groups is 4. The molecule has 9 rings (SSSR count). The van der Waals surface area contributed by atoms with Gasteiger partial charge in [-0.25, -0.2) is 29.9 Å². The lowest BCUT2D eigenvalue weighted by molar-refractivity contribution is -0.156. The standard InChI is InChI=1S/C60H66N8O10/c1-12-73-44(69)31-46(71)77-26-14-24-75-42-22-23-43(76-25-15-27-78-47(72)32-45(70)74-13-2)49-48(42)56-66-52-38-21-18-34(59(6,7)8)29-40(38)54(65-52)62-50-36-19-16-33(58(3,4)5)28-39(36)53(61-50)63-51-37-20-17-35(60(9,10)11)30-41(37)55(64-51)67-57(49)68-56/h16-23,28-30H,12-15,24-27,31-32H2,1-11H3,(H2,61,62,63,64,65,66,67,68). The lowest BCUT2D eigenvalue weighted by atomic mass is 9.85. The molecule has 0 atom stereocenters. The number of hydrogen-bond acceptors (Lipinski definition) is 16. The van der Waals surface area contributed by atoms with Gasteiger partial charge < -0.3 is 38.4 Å². The van der Waals surface area contributed by atoms with Crippen LogP contribution >= 0.6 is 0 Å². The molecule has 0 radical (unpaired) electrons. The van der Waals surface area contributed by atoms with Gasteiger partial charge in [-0.15, -0.1) is 0 Å². The smallest absolute Gasteiger partial charge is 0.317 e. The van der Waals surface area contributed by atoms with Crippen LogP contribution in [0.5, 0.6) is 11.5 Å². The highest BCUT2D eigenvalue weighted by atomic mass is 16.6. The summed E-state index contributed by atoms with van der Waals surface area (Å²) in [6.45, 7) is 23.3. The Morgan fingerprint density at radius 1 is 0.410 bits per heavy atom. The number of H-pyrrole nitrogens is 2. The normalized spacial score (nSPS) is 12.2. The maximum atomic E-state index is 12.4. The number of nitrogens with zero attached hydrogens (tertiary/aromatic N) is 6. The number of fused-ring (bicyclic) bond motifs is 20. The zero-order valence-electron chi connectivity index (χ0n) is 46.2. The van der Waals surface area contributed by atoms with Crippen LogP contribution < -0.4 is 9.47 Å². The van der Waals surface area contributed by atoms with Crippen LogP contribution in [0.25, 0.3) is 89.7 Å². The maximum absolute atomic E-state index is 12.4. The van der Waals surface area contributed by atoms with Crippen molar-refractivity contribution in [3.8, 4) is 57.1 Å². The third-order valence-corrected chi connectivity index (χ3v) is 13.3. The highest BCUT2D eigenvalue weighted by molar-refractivity contribution is 6.07. The Balaban J connectivity index is 1.27. The number of aromatic nitrogens is 8. The van der Waals surface area contributed by atoms with Crippen molar-refractivity contribution in [1.29, 1.82) is 0 Å². The van der Waals surface area contributed by atoms with Crippen molar-refractivity contribution >= 4 is 68.0 Å². The van der Waals surface area contributed by atoms with E-state index in [1.54, 1.807) is 26.0 Å². The number of ether oxygens (including phenoxy) is 6. The Labute approximate surface area is 452 Å². The third kappa shape index (κ3) is 11.8. The van der Waals surface area contributed by atoms with Crippen LogP contribution in [0.1, 0.15) is 119 Å². The zero-order valence-corrected chi connectivity index (χ0v) is 46.2. The van der Waals surface area contributed by atoms with E-state index < -0.39 is 36.7 Å². The highest BCUT2D eigenvalue weighted by Gasteiger charge is 2.30. The predicted octanol–water partition coefficient (Wildman–Crippen LogP) is 11.3. The first-order valence-corrected chi connectivity index (χ1v) is 26.4. The molecule has 0 saturated heterocycles. The number of carbonyl (C=O) groups excluding carboxylic acids is 4. The first-order valence-electron chi connectivity index (χ1n) is 26.4. The minimum absolute atomic E-state index is 0.0161.